The molecule has 3 heteroatoms. The van der Waals surface area contributed by atoms with E-state index in [9.17, 15) is 0 Å². The van der Waals surface area contributed by atoms with Gasteiger partial charge < -0.3 is 4.90 Å². The SMILES string of the molecule is Cc1cc(N(C)C)c2cc(Br)cc(C)c2n1. The smallest absolute Gasteiger partial charge is 0.0755 e. The largest absolute Gasteiger partial charge is 0.377 e. The average molecular weight is 279 g/mol. The molecule has 0 saturated carbocycles. The van der Waals surface area contributed by atoms with Gasteiger partial charge in [0, 0.05) is 35.3 Å². The number of fused-ring (bicyclic) bond motifs is 1. The normalized spacial score (nSPS) is 10.8. The molecule has 2 aromatic rings. The molecule has 1 aromatic heterocycles. The number of hydrogen-bond acceptors (Lipinski definition) is 2. The van der Waals surface area contributed by atoms with Gasteiger partial charge in [0.2, 0.25) is 0 Å². The van der Waals surface area contributed by atoms with Crippen LogP contribution < -0.4 is 4.90 Å². The van der Waals surface area contributed by atoms with Crippen molar-refractivity contribution < 1.29 is 0 Å². The van der Waals surface area contributed by atoms with Crippen LogP contribution in [0.15, 0.2) is 22.7 Å². The summed E-state index contributed by atoms with van der Waals surface area (Å²) < 4.78 is 1.10. The molecule has 1 heterocycles. The van der Waals surface area contributed by atoms with Gasteiger partial charge in [-0.3, -0.25) is 4.98 Å². The summed E-state index contributed by atoms with van der Waals surface area (Å²) in [5.41, 5.74) is 4.57. The molecule has 2 rings (SSSR count). The van der Waals surface area contributed by atoms with Gasteiger partial charge >= 0.3 is 0 Å². The molecule has 0 unspecified atom stereocenters. The highest BCUT2D eigenvalue weighted by atomic mass is 79.9. The van der Waals surface area contributed by atoms with Gasteiger partial charge in [0.05, 0.1) is 5.52 Å². The number of hydrogen-bond donors (Lipinski definition) is 0. The number of rotatable bonds is 1. The van der Waals surface area contributed by atoms with Crippen LogP contribution >= 0.6 is 15.9 Å². The fraction of sp³-hybridized carbons (Fsp3) is 0.308. The van der Waals surface area contributed by atoms with Crippen LogP contribution in [0.2, 0.25) is 0 Å². The fourth-order valence-corrected chi connectivity index (χ4v) is 2.51. The van der Waals surface area contributed by atoms with Crippen molar-refractivity contribution in [1.29, 1.82) is 0 Å². The first kappa shape index (κ1) is 11.4. The third-order valence-electron chi connectivity index (χ3n) is 2.66. The third-order valence-corrected chi connectivity index (χ3v) is 3.11. The summed E-state index contributed by atoms with van der Waals surface area (Å²) in [6.45, 7) is 4.13. The van der Waals surface area contributed by atoms with Crippen LogP contribution in [0.3, 0.4) is 0 Å². The Kier molecular flexibility index (Phi) is 2.89. The van der Waals surface area contributed by atoms with Gasteiger partial charge in [-0.25, -0.2) is 0 Å². The number of pyridine rings is 1. The number of aromatic nitrogens is 1. The van der Waals surface area contributed by atoms with E-state index in [1.807, 2.05) is 6.92 Å². The standard InChI is InChI=1S/C13H15BrN2/c1-8-5-10(14)7-11-12(16(3)4)6-9(2)15-13(8)11/h5-7H,1-4H3. The Hall–Kier alpha value is -1.09. The van der Waals surface area contributed by atoms with E-state index < -0.39 is 0 Å². The lowest BCUT2D eigenvalue weighted by Crippen LogP contribution is -2.10. The highest BCUT2D eigenvalue weighted by molar-refractivity contribution is 9.10. The molecule has 1 aromatic carbocycles. The van der Waals surface area contributed by atoms with E-state index in [4.69, 9.17) is 0 Å². The van der Waals surface area contributed by atoms with Gasteiger partial charge in [-0.1, -0.05) is 15.9 Å². The second-order valence-electron chi connectivity index (χ2n) is 4.30. The Balaban J connectivity index is 2.89. The lowest BCUT2D eigenvalue weighted by atomic mass is 10.1. The summed E-state index contributed by atoms with van der Waals surface area (Å²) >= 11 is 3.54. The van der Waals surface area contributed by atoms with E-state index in [1.165, 1.54) is 16.6 Å². The Morgan fingerprint density at radius 3 is 2.44 bits per heavy atom. The Bertz CT molecular complexity index is 547. The molecule has 0 fully saturated rings. The maximum atomic E-state index is 4.61. The minimum Gasteiger partial charge on any atom is -0.377 e. The lowest BCUT2D eigenvalue weighted by Gasteiger charge is -2.17. The van der Waals surface area contributed by atoms with Crippen LogP contribution in [-0.4, -0.2) is 19.1 Å². The molecule has 0 N–H and O–H groups in total. The van der Waals surface area contributed by atoms with Gasteiger partial charge in [-0.05, 0) is 37.6 Å². The maximum Gasteiger partial charge on any atom is 0.0755 e. The zero-order valence-corrected chi connectivity index (χ0v) is 11.6. The molecule has 0 radical (unpaired) electrons. The van der Waals surface area contributed by atoms with Crippen molar-refractivity contribution in [2.75, 3.05) is 19.0 Å². The maximum absolute atomic E-state index is 4.61. The number of benzene rings is 1. The first-order valence-electron chi connectivity index (χ1n) is 5.24. The van der Waals surface area contributed by atoms with Crippen LogP contribution in [0, 0.1) is 13.8 Å². The second kappa shape index (κ2) is 4.06. The first-order chi connectivity index (χ1) is 7.49. The Morgan fingerprint density at radius 2 is 1.81 bits per heavy atom. The van der Waals surface area contributed by atoms with Gasteiger partial charge in [0.25, 0.3) is 0 Å². The van der Waals surface area contributed by atoms with Crippen LogP contribution in [0.5, 0.6) is 0 Å². The zero-order chi connectivity index (χ0) is 11.9. The zero-order valence-electron chi connectivity index (χ0n) is 10.0. The summed E-state index contributed by atoms with van der Waals surface area (Å²) in [7, 11) is 4.12. The van der Waals surface area contributed by atoms with E-state index in [1.54, 1.807) is 0 Å². The van der Waals surface area contributed by atoms with Crippen LogP contribution in [-0.2, 0) is 0 Å². The third kappa shape index (κ3) is 1.92. The van der Waals surface area contributed by atoms with Crippen molar-refractivity contribution >= 4 is 32.5 Å². The average Bonchev–Trinajstić information content (AvgIpc) is 2.18. The van der Waals surface area contributed by atoms with Gasteiger partial charge in [-0.2, -0.15) is 0 Å². The quantitative estimate of drug-likeness (QED) is 0.791. The molecule has 0 amide bonds. The van der Waals surface area contributed by atoms with Crippen molar-refractivity contribution in [3.63, 3.8) is 0 Å². The lowest BCUT2D eigenvalue weighted by molar-refractivity contribution is 1.12. The van der Waals surface area contributed by atoms with E-state index in [0.29, 0.717) is 0 Å². The van der Waals surface area contributed by atoms with E-state index >= 15 is 0 Å². The molecular formula is C13H15BrN2. The van der Waals surface area contributed by atoms with Crippen molar-refractivity contribution in [1.82, 2.24) is 4.98 Å². The van der Waals surface area contributed by atoms with Gasteiger partial charge in [0.1, 0.15) is 0 Å². The highest BCUT2D eigenvalue weighted by Gasteiger charge is 2.08. The van der Waals surface area contributed by atoms with Crippen molar-refractivity contribution in [2.24, 2.45) is 0 Å². The molecule has 84 valence electrons. The molecule has 0 aliphatic heterocycles. The minimum atomic E-state index is 1.06. The van der Waals surface area contributed by atoms with Gasteiger partial charge in [-0.15, -0.1) is 0 Å². The monoisotopic (exact) mass is 278 g/mol. The Labute approximate surface area is 104 Å². The molecular weight excluding hydrogens is 264 g/mol. The molecule has 2 nitrogen and oxygen atoms in total. The van der Waals surface area contributed by atoms with Crippen LogP contribution in [0.25, 0.3) is 10.9 Å². The molecule has 0 bridgehead atoms. The number of nitrogens with zero attached hydrogens (tertiary/aromatic N) is 2. The fourth-order valence-electron chi connectivity index (χ4n) is 1.93. The predicted molar refractivity (Wildman–Crippen MR) is 73.2 cm³/mol. The van der Waals surface area contributed by atoms with E-state index in [2.05, 4.69) is 65.0 Å². The summed E-state index contributed by atoms with van der Waals surface area (Å²) in [6.07, 6.45) is 0. The molecule has 0 aliphatic rings. The number of anilines is 1. The van der Waals surface area contributed by atoms with Crippen molar-refractivity contribution in [3.05, 3.63) is 33.9 Å². The molecule has 16 heavy (non-hydrogen) atoms. The highest BCUT2D eigenvalue weighted by Crippen LogP contribution is 2.30. The summed E-state index contributed by atoms with van der Waals surface area (Å²) in [4.78, 5) is 6.74. The summed E-state index contributed by atoms with van der Waals surface area (Å²) in [6, 6.07) is 6.35. The topological polar surface area (TPSA) is 16.1 Å². The van der Waals surface area contributed by atoms with E-state index in [-0.39, 0.29) is 0 Å². The second-order valence-corrected chi connectivity index (χ2v) is 5.21. The van der Waals surface area contributed by atoms with Crippen molar-refractivity contribution in [2.45, 2.75) is 13.8 Å². The first-order valence-corrected chi connectivity index (χ1v) is 6.03. The van der Waals surface area contributed by atoms with Crippen LogP contribution in [0.1, 0.15) is 11.3 Å². The predicted octanol–water partition coefficient (Wildman–Crippen LogP) is 3.68. The molecule has 0 saturated heterocycles. The van der Waals surface area contributed by atoms with Crippen LogP contribution in [0.4, 0.5) is 5.69 Å². The number of aryl methyl sites for hydroxylation is 2. The van der Waals surface area contributed by atoms with Gasteiger partial charge in [0.15, 0.2) is 0 Å². The van der Waals surface area contributed by atoms with E-state index in [0.717, 1.165) is 15.7 Å². The summed E-state index contributed by atoms with van der Waals surface area (Å²) in [5, 5.41) is 1.20. The number of halogens is 1. The Morgan fingerprint density at radius 1 is 1.12 bits per heavy atom. The molecule has 0 aliphatic carbocycles. The molecule has 0 spiro atoms. The summed E-state index contributed by atoms with van der Waals surface area (Å²) in [5.74, 6) is 0. The minimum absolute atomic E-state index is 1.06. The molecule has 0 atom stereocenters. The van der Waals surface area contributed by atoms with Crippen molar-refractivity contribution in [3.8, 4) is 0 Å².